The maximum Gasteiger partial charge on any atom is 0.409 e. The van der Waals surface area contributed by atoms with Crippen molar-refractivity contribution in [3.8, 4) is 0 Å². The molecule has 0 radical (unpaired) electrons. The summed E-state index contributed by atoms with van der Waals surface area (Å²) in [7, 11) is 0. The van der Waals surface area contributed by atoms with Crippen LogP contribution in [0, 0.1) is 15.5 Å². The van der Waals surface area contributed by atoms with Crippen molar-refractivity contribution in [2.45, 2.75) is 38.5 Å². The second kappa shape index (κ2) is 7.51. The molecular weight excluding hydrogens is 272 g/mol. The van der Waals surface area contributed by atoms with E-state index in [9.17, 15) is 19.7 Å². The molecular formula is C11H18N2O7. The molecule has 114 valence electrons. The molecule has 0 atom stereocenters. The predicted molar refractivity (Wildman–Crippen MR) is 65.2 cm³/mol. The smallest absolute Gasteiger partial charge is 0.409 e. The maximum atomic E-state index is 11.3. The highest BCUT2D eigenvalue weighted by atomic mass is 17.0. The summed E-state index contributed by atoms with van der Waals surface area (Å²) in [4.78, 5) is 35.9. The van der Waals surface area contributed by atoms with Crippen LogP contribution in [-0.2, 0) is 14.4 Å². The summed E-state index contributed by atoms with van der Waals surface area (Å²) in [6.45, 7) is -0.610. The van der Waals surface area contributed by atoms with E-state index in [1.54, 1.807) is 0 Å². The third kappa shape index (κ3) is 5.72. The number of ether oxygens (including phenoxy) is 1. The van der Waals surface area contributed by atoms with E-state index in [0.717, 1.165) is 32.1 Å². The van der Waals surface area contributed by atoms with Crippen LogP contribution in [0.4, 0.5) is 4.79 Å². The summed E-state index contributed by atoms with van der Waals surface area (Å²) in [6, 6.07) is 0. The number of hydrogen-bond donors (Lipinski definition) is 2. The number of rotatable bonds is 7. The molecule has 1 aliphatic rings. The van der Waals surface area contributed by atoms with E-state index in [-0.39, 0.29) is 13.0 Å². The second-order valence-electron chi connectivity index (χ2n) is 4.89. The van der Waals surface area contributed by atoms with Crippen LogP contribution in [-0.4, -0.2) is 35.6 Å². The Kier molecular flexibility index (Phi) is 6.01. The van der Waals surface area contributed by atoms with Crippen molar-refractivity contribution >= 4 is 12.1 Å². The van der Waals surface area contributed by atoms with Crippen LogP contribution >= 0.6 is 0 Å². The van der Waals surface area contributed by atoms with Crippen molar-refractivity contribution in [1.82, 2.24) is 5.32 Å². The van der Waals surface area contributed by atoms with Gasteiger partial charge in [0.2, 0.25) is 6.79 Å². The van der Waals surface area contributed by atoms with Crippen LogP contribution in [0.1, 0.15) is 38.5 Å². The van der Waals surface area contributed by atoms with Gasteiger partial charge in [-0.3, -0.25) is 9.63 Å². The molecule has 9 heteroatoms. The molecule has 1 saturated carbocycles. The van der Waals surface area contributed by atoms with Gasteiger partial charge < -0.3 is 15.2 Å². The number of aliphatic carboxylic acids is 1. The maximum absolute atomic E-state index is 11.3. The van der Waals surface area contributed by atoms with Gasteiger partial charge in [0.05, 0.1) is 6.42 Å². The average Bonchev–Trinajstić information content (AvgIpc) is 2.36. The Morgan fingerprint density at radius 3 is 2.50 bits per heavy atom. The molecule has 2 N–H and O–H groups in total. The normalized spacial score (nSPS) is 17.0. The second-order valence-corrected chi connectivity index (χ2v) is 4.89. The van der Waals surface area contributed by atoms with Gasteiger partial charge >= 0.3 is 12.1 Å². The fourth-order valence-corrected chi connectivity index (χ4v) is 2.47. The summed E-state index contributed by atoms with van der Waals surface area (Å²) in [6.07, 6.45) is 3.49. The van der Waals surface area contributed by atoms with Crippen molar-refractivity contribution < 1.29 is 29.4 Å². The number of carbonyl (C=O) groups excluding carboxylic acids is 1. The van der Waals surface area contributed by atoms with Crippen molar-refractivity contribution in [2.75, 3.05) is 13.3 Å². The van der Waals surface area contributed by atoms with E-state index >= 15 is 0 Å². The number of carboxylic acids is 1. The number of amides is 1. The quantitative estimate of drug-likeness (QED) is 0.411. The fraction of sp³-hybridized carbons (Fsp3) is 0.818. The molecule has 0 bridgehead atoms. The zero-order valence-corrected chi connectivity index (χ0v) is 11.0. The minimum absolute atomic E-state index is 0.0152. The third-order valence-corrected chi connectivity index (χ3v) is 3.40. The van der Waals surface area contributed by atoms with E-state index in [1.807, 2.05) is 0 Å². The predicted octanol–water partition coefficient (Wildman–Crippen LogP) is 1.30. The van der Waals surface area contributed by atoms with Gasteiger partial charge in [-0.25, -0.2) is 4.79 Å². The Labute approximate surface area is 115 Å². The van der Waals surface area contributed by atoms with Gasteiger partial charge in [-0.05, 0) is 18.3 Å². The summed E-state index contributed by atoms with van der Waals surface area (Å²) in [5.74, 6) is -0.904. The van der Waals surface area contributed by atoms with Crippen molar-refractivity contribution in [1.29, 1.82) is 0 Å². The number of carboxylic acid groups (broad SMARTS) is 1. The molecule has 0 spiro atoms. The monoisotopic (exact) mass is 290 g/mol. The number of nitrogens with zero attached hydrogens (tertiary/aromatic N) is 1. The first-order valence-corrected chi connectivity index (χ1v) is 6.33. The van der Waals surface area contributed by atoms with E-state index in [4.69, 9.17) is 5.11 Å². The van der Waals surface area contributed by atoms with Crippen LogP contribution in [0.2, 0.25) is 0 Å². The first-order chi connectivity index (χ1) is 9.43. The SMILES string of the molecule is O=C(O)CC1(CNC(=O)OCO[N+](=O)[O-])CCCCC1. The molecule has 20 heavy (non-hydrogen) atoms. The van der Waals surface area contributed by atoms with Gasteiger partial charge in [0.1, 0.15) is 0 Å². The first-order valence-electron chi connectivity index (χ1n) is 6.33. The molecule has 0 aromatic rings. The summed E-state index contributed by atoms with van der Waals surface area (Å²) < 4.78 is 4.43. The summed E-state index contributed by atoms with van der Waals surface area (Å²) in [5, 5.41) is 20.2. The summed E-state index contributed by atoms with van der Waals surface area (Å²) >= 11 is 0. The Morgan fingerprint density at radius 1 is 1.30 bits per heavy atom. The van der Waals surface area contributed by atoms with Gasteiger partial charge in [-0.2, -0.15) is 0 Å². The van der Waals surface area contributed by atoms with Crippen molar-refractivity contribution in [3.63, 3.8) is 0 Å². The van der Waals surface area contributed by atoms with Crippen LogP contribution in [0.5, 0.6) is 0 Å². The summed E-state index contributed by atoms with van der Waals surface area (Å²) in [5.41, 5.74) is -0.465. The highest BCUT2D eigenvalue weighted by Crippen LogP contribution is 2.38. The van der Waals surface area contributed by atoms with Crippen LogP contribution in [0.3, 0.4) is 0 Å². The third-order valence-electron chi connectivity index (χ3n) is 3.40. The van der Waals surface area contributed by atoms with E-state index in [0.29, 0.717) is 0 Å². The zero-order chi connectivity index (χ0) is 15.0. The van der Waals surface area contributed by atoms with Crippen molar-refractivity contribution in [3.05, 3.63) is 10.1 Å². The molecule has 0 saturated heterocycles. The Hall–Kier alpha value is -2.06. The topological polar surface area (TPSA) is 128 Å². The molecule has 0 unspecified atom stereocenters. The molecule has 9 nitrogen and oxygen atoms in total. The van der Waals surface area contributed by atoms with Gasteiger partial charge in [-0.15, -0.1) is 10.1 Å². The van der Waals surface area contributed by atoms with Crippen molar-refractivity contribution in [2.24, 2.45) is 5.41 Å². The zero-order valence-electron chi connectivity index (χ0n) is 11.0. The fourth-order valence-electron chi connectivity index (χ4n) is 2.47. The average molecular weight is 290 g/mol. The van der Waals surface area contributed by atoms with Crippen LogP contribution < -0.4 is 5.32 Å². The minimum atomic E-state index is -1.07. The highest BCUT2D eigenvalue weighted by Gasteiger charge is 2.34. The molecule has 0 aromatic heterocycles. The van der Waals surface area contributed by atoms with E-state index < -0.39 is 29.4 Å². The van der Waals surface area contributed by atoms with Crippen LogP contribution in [0.25, 0.3) is 0 Å². The minimum Gasteiger partial charge on any atom is -0.481 e. The largest absolute Gasteiger partial charge is 0.481 e. The lowest BCUT2D eigenvalue weighted by Gasteiger charge is -2.36. The first kappa shape index (κ1) is 16.0. The Bertz CT molecular complexity index is 366. The van der Waals surface area contributed by atoms with Gasteiger partial charge in [0.15, 0.2) is 0 Å². The van der Waals surface area contributed by atoms with Crippen LogP contribution in [0.15, 0.2) is 0 Å². The number of alkyl carbamates (subject to hydrolysis) is 1. The van der Waals surface area contributed by atoms with E-state index in [1.165, 1.54) is 0 Å². The Morgan fingerprint density at radius 2 is 1.95 bits per heavy atom. The highest BCUT2D eigenvalue weighted by molar-refractivity contribution is 5.69. The number of carbonyl (C=O) groups is 2. The lowest BCUT2D eigenvalue weighted by Crippen LogP contribution is -2.40. The molecule has 1 aliphatic carbocycles. The molecule has 1 amide bonds. The molecule has 0 aromatic carbocycles. The number of hydrogen-bond acceptors (Lipinski definition) is 6. The lowest BCUT2D eigenvalue weighted by molar-refractivity contribution is -0.765. The molecule has 0 aliphatic heterocycles. The van der Waals surface area contributed by atoms with E-state index in [2.05, 4.69) is 14.9 Å². The molecule has 0 heterocycles. The standard InChI is InChI=1S/C11H18N2O7/c14-9(15)6-11(4-2-1-3-5-11)7-12-10(16)19-8-20-13(17)18/h1-8H2,(H,12,16)(H,14,15). The molecule has 1 rings (SSSR count). The molecule has 1 fully saturated rings. The lowest BCUT2D eigenvalue weighted by atomic mass is 9.72. The number of nitrogens with one attached hydrogen (secondary N) is 1. The van der Waals surface area contributed by atoms with Gasteiger partial charge in [-0.1, -0.05) is 19.3 Å². The Balaban J connectivity index is 2.39. The van der Waals surface area contributed by atoms with Gasteiger partial charge in [0.25, 0.3) is 5.09 Å². The van der Waals surface area contributed by atoms with Gasteiger partial charge in [0, 0.05) is 6.54 Å².